The highest BCUT2D eigenvalue weighted by Crippen LogP contribution is 2.31. The molecular weight excluding hydrogens is 266 g/mol. The van der Waals surface area contributed by atoms with E-state index in [1.54, 1.807) is 21.3 Å². The van der Waals surface area contributed by atoms with Crippen molar-refractivity contribution in [1.82, 2.24) is 0 Å². The Bertz CT molecular complexity index is 570. The van der Waals surface area contributed by atoms with Crippen molar-refractivity contribution in [2.45, 2.75) is 6.42 Å². The monoisotopic (exact) mass is 287 g/mol. The fraction of sp³-hybridized carbons (Fsp3) is 0.294. The van der Waals surface area contributed by atoms with Gasteiger partial charge >= 0.3 is 0 Å². The number of anilines is 1. The normalized spacial score (nSPS) is 18.6. The first kappa shape index (κ1) is 15.0. The van der Waals surface area contributed by atoms with Gasteiger partial charge in [0.2, 0.25) is 0 Å². The molecule has 0 bridgehead atoms. The van der Waals surface area contributed by atoms with Crippen LogP contribution in [0.3, 0.4) is 0 Å². The lowest BCUT2D eigenvalue weighted by Gasteiger charge is -2.22. The Kier molecular flexibility index (Phi) is 4.93. The van der Waals surface area contributed by atoms with Crippen LogP contribution >= 0.6 is 0 Å². The standard InChI is InChI=1S/C17H21NO3/c1-19-15-10-13(11-16(20-2)17(15)21-3)5-4-12-6-8-14(18)9-7-12/h4-10,13H,11,18H2,1-3H3. The second kappa shape index (κ2) is 6.88. The summed E-state index contributed by atoms with van der Waals surface area (Å²) in [5, 5.41) is 0. The van der Waals surface area contributed by atoms with Gasteiger partial charge in [0.1, 0.15) is 5.76 Å². The van der Waals surface area contributed by atoms with Crippen molar-refractivity contribution in [3.8, 4) is 0 Å². The highest BCUT2D eigenvalue weighted by atomic mass is 16.5. The molecule has 0 aliphatic heterocycles. The molecule has 0 saturated heterocycles. The molecule has 2 N–H and O–H groups in total. The molecule has 1 atom stereocenters. The van der Waals surface area contributed by atoms with E-state index >= 15 is 0 Å². The van der Waals surface area contributed by atoms with Crippen molar-refractivity contribution in [1.29, 1.82) is 0 Å². The number of nitrogen functional groups attached to an aromatic ring is 1. The van der Waals surface area contributed by atoms with E-state index in [1.165, 1.54) is 0 Å². The lowest BCUT2D eigenvalue weighted by molar-refractivity contribution is 0.169. The highest BCUT2D eigenvalue weighted by Gasteiger charge is 2.23. The molecule has 1 aromatic carbocycles. The van der Waals surface area contributed by atoms with Gasteiger partial charge in [-0.15, -0.1) is 0 Å². The summed E-state index contributed by atoms with van der Waals surface area (Å²) in [5.41, 5.74) is 7.55. The number of nitrogens with two attached hydrogens (primary N) is 1. The van der Waals surface area contributed by atoms with Gasteiger partial charge in [-0.25, -0.2) is 0 Å². The Morgan fingerprint density at radius 2 is 1.76 bits per heavy atom. The van der Waals surface area contributed by atoms with Gasteiger partial charge < -0.3 is 19.9 Å². The first-order valence-electron chi connectivity index (χ1n) is 6.79. The van der Waals surface area contributed by atoms with Gasteiger partial charge in [-0.05, 0) is 23.8 Å². The van der Waals surface area contributed by atoms with E-state index in [9.17, 15) is 0 Å². The molecule has 0 spiro atoms. The molecule has 0 heterocycles. The number of hydrogen-bond donors (Lipinski definition) is 1. The number of hydrogen-bond acceptors (Lipinski definition) is 4. The smallest absolute Gasteiger partial charge is 0.198 e. The maximum absolute atomic E-state index is 5.68. The molecule has 0 saturated carbocycles. The zero-order chi connectivity index (χ0) is 15.2. The molecule has 1 aliphatic rings. The van der Waals surface area contributed by atoms with Crippen LogP contribution in [-0.2, 0) is 14.2 Å². The summed E-state index contributed by atoms with van der Waals surface area (Å²) in [6.07, 6.45) is 6.97. The quantitative estimate of drug-likeness (QED) is 0.844. The van der Waals surface area contributed by atoms with E-state index in [1.807, 2.05) is 30.3 Å². The van der Waals surface area contributed by atoms with Crippen LogP contribution in [0.4, 0.5) is 5.69 Å². The molecule has 112 valence electrons. The van der Waals surface area contributed by atoms with E-state index in [2.05, 4.69) is 12.2 Å². The second-order valence-electron chi connectivity index (χ2n) is 4.79. The fourth-order valence-electron chi connectivity index (χ4n) is 2.29. The van der Waals surface area contributed by atoms with Gasteiger partial charge in [-0.2, -0.15) is 0 Å². The number of methoxy groups -OCH3 is 3. The van der Waals surface area contributed by atoms with Crippen molar-refractivity contribution in [3.63, 3.8) is 0 Å². The van der Waals surface area contributed by atoms with Gasteiger partial charge in [0, 0.05) is 18.0 Å². The fourth-order valence-corrected chi connectivity index (χ4v) is 2.29. The number of allylic oxidation sites excluding steroid dienone is 3. The third-order valence-corrected chi connectivity index (χ3v) is 3.41. The Hall–Kier alpha value is -2.36. The summed E-state index contributed by atoms with van der Waals surface area (Å²) in [5.74, 6) is 2.36. The van der Waals surface area contributed by atoms with E-state index in [4.69, 9.17) is 19.9 Å². The maximum atomic E-state index is 5.68. The molecule has 21 heavy (non-hydrogen) atoms. The zero-order valence-electron chi connectivity index (χ0n) is 12.6. The minimum absolute atomic E-state index is 0.200. The molecule has 1 unspecified atom stereocenters. The summed E-state index contributed by atoms with van der Waals surface area (Å²) >= 11 is 0. The Morgan fingerprint density at radius 1 is 1.05 bits per heavy atom. The van der Waals surface area contributed by atoms with Crippen LogP contribution in [0.25, 0.3) is 6.08 Å². The second-order valence-corrected chi connectivity index (χ2v) is 4.79. The zero-order valence-corrected chi connectivity index (χ0v) is 12.6. The van der Waals surface area contributed by atoms with Gasteiger partial charge in [0.15, 0.2) is 11.5 Å². The predicted molar refractivity (Wildman–Crippen MR) is 84.1 cm³/mol. The van der Waals surface area contributed by atoms with Crippen molar-refractivity contribution < 1.29 is 14.2 Å². The Balaban J connectivity index is 2.17. The van der Waals surface area contributed by atoms with Crippen LogP contribution < -0.4 is 5.73 Å². The van der Waals surface area contributed by atoms with Gasteiger partial charge in [0.05, 0.1) is 21.3 Å². The molecule has 0 aromatic heterocycles. The summed E-state index contributed by atoms with van der Waals surface area (Å²) in [6, 6.07) is 7.76. The van der Waals surface area contributed by atoms with Crippen molar-refractivity contribution in [3.05, 3.63) is 59.3 Å². The van der Waals surface area contributed by atoms with Crippen LogP contribution in [0.1, 0.15) is 12.0 Å². The SMILES string of the molecule is COC1=CC(C=Cc2ccc(N)cc2)CC(OC)=C1OC. The molecule has 1 aromatic rings. The van der Waals surface area contributed by atoms with Gasteiger partial charge in [0.25, 0.3) is 0 Å². The molecule has 4 heteroatoms. The van der Waals surface area contributed by atoms with E-state index in [0.29, 0.717) is 11.5 Å². The minimum Gasteiger partial charge on any atom is -0.497 e. The lowest BCUT2D eigenvalue weighted by Crippen LogP contribution is -2.12. The topological polar surface area (TPSA) is 53.7 Å². The molecule has 0 amide bonds. The van der Waals surface area contributed by atoms with Crippen molar-refractivity contribution in [2.75, 3.05) is 27.1 Å². The van der Waals surface area contributed by atoms with Crippen LogP contribution in [-0.4, -0.2) is 21.3 Å². The first-order chi connectivity index (χ1) is 10.2. The minimum atomic E-state index is 0.200. The van der Waals surface area contributed by atoms with E-state index < -0.39 is 0 Å². The van der Waals surface area contributed by atoms with E-state index in [-0.39, 0.29) is 5.92 Å². The average Bonchev–Trinajstić information content (AvgIpc) is 2.53. The maximum Gasteiger partial charge on any atom is 0.198 e. The highest BCUT2D eigenvalue weighted by molar-refractivity contribution is 5.54. The van der Waals surface area contributed by atoms with Crippen LogP contribution in [0.15, 0.2) is 53.7 Å². The molecule has 2 rings (SSSR count). The Labute approximate surface area is 125 Å². The third-order valence-electron chi connectivity index (χ3n) is 3.41. The van der Waals surface area contributed by atoms with E-state index in [0.717, 1.165) is 23.4 Å². The van der Waals surface area contributed by atoms with Crippen molar-refractivity contribution in [2.24, 2.45) is 5.92 Å². The summed E-state index contributed by atoms with van der Waals surface area (Å²) in [4.78, 5) is 0. The molecule has 0 radical (unpaired) electrons. The van der Waals surface area contributed by atoms with Gasteiger partial charge in [-0.1, -0.05) is 24.3 Å². The van der Waals surface area contributed by atoms with Crippen LogP contribution in [0.2, 0.25) is 0 Å². The van der Waals surface area contributed by atoms with Gasteiger partial charge in [-0.3, -0.25) is 0 Å². The van der Waals surface area contributed by atoms with Crippen molar-refractivity contribution >= 4 is 11.8 Å². The lowest BCUT2D eigenvalue weighted by atomic mass is 9.96. The average molecular weight is 287 g/mol. The number of ether oxygens (including phenoxy) is 3. The molecule has 0 fully saturated rings. The molecule has 1 aliphatic carbocycles. The largest absolute Gasteiger partial charge is 0.497 e. The number of rotatable bonds is 5. The summed E-state index contributed by atoms with van der Waals surface area (Å²) in [6.45, 7) is 0. The summed E-state index contributed by atoms with van der Waals surface area (Å²) < 4.78 is 16.1. The predicted octanol–water partition coefficient (Wildman–Crippen LogP) is 3.34. The molecule has 4 nitrogen and oxygen atoms in total. The Morgan fingerprint density at radius 3 is 2.33 bits per heavy atom. The molecular formula is C17H21NO3. The summed E-state index contributed by atoms with van der Waals surface area (Å²) in [7, 11) is 4.89. The first-order valence-corrected chi connectivity index (χ1v) is 6.79. The van der Waals surface area contributed by atoms with Crippen LogP contribution in [0, 0.1) is 5.92 Å². The number of benzene rings is 1. The third kappa shape index (κ3) is 3.60. The van der Waals surface area contributed by atoms with Crippen LogP contribution in [0.5, 0.6) is 0 Å².